The van der Waals surface area contributed by atoms with Crippen molar-refractivity contribution >= 4 is 15.5 Å². The molecule has 0 bridgehead atoms. The summed E-state index contributed by atoms with van der Waals surface area (Å²) in [7, 11) is -3.70. The van der Waals surface area contributed by atoms with Gasteiger partial charge in [-0.15, -0.1) is 0 Å². The van der Waals surface area contributed by atoms with Crippen molar-refractivity contribution in [3.63, 3.8) is 0 Å². The predicted molar refractivity (Wildman–Crippen MR) is 63.7 cm³/mol. The van der Waals surface area contributed by atoms with Crippen LogP contribution in [0.5, 0.6) is 0 Å². The Morgan fingerprint density at radius 1 is 1.33 bits per heavy atom. The molecule has 0 aliphatic carbocycles. The molecule has 2 rings (SSSR count). The molecule has 0 saturated heterocycles. The minimum Gasteiger partial charge on any atom is -0.396 e. The monoisotopic (exact) mass is 267 g/mol. The quantitative estimate of drug-likeness (QED) is 0.902. The van der Waals surface area contributed by atoms with Gasteiger partial charge in [-0.2, -0.15) is 0 Å². The molecule has 0 unspecified atom stereocenters. The molecule has 5 nitrogen and oxygen atoms in total. The molecule has 0 aromatic carbocycles. The number of anilines is 1. The van der Waals surface area contributed by atoms with Crippen molar-refractivity contribution in [1.29, 1.82) is 0 Å². The molecule has 0 fully saturated rings. The highest BCUT2D eigenvalue weighted by atomic mass is 32.2. The van der Waals surface area contributed by atoms with Gasteiger partial charge in [0.05, 0.1) is 17.6 Å². The highest BCUT2D eigenvalue weighted by Crippen LogP contribution is 2.19. The fourth-order valence-electron chi connectivity index (χ4n) is 1.49. The molecule has 0 aliphatic rings. The van der Waals surface area contributed by atoms with Crippen LogP contribution in [0.3, 0.4) is 0 Å². The Hall–Kier alpha value is -2.02. The third-order valence-electron chi connectivity index (χ3n) is 2.21. The molecular weight excluding hydrogens is 257 g/mol. The van der Waals surface area contributed by atoms with E-state index in [1.807, 2.05) is 0 Å². The van der Waals surface area contributed by atoms with Crippen molar-refractivity contribution in [2.45, 2.75) is 10.8 Å². The van der Waals surface area contributed by atoms with E-state index in [2.05, 4.69) is 9.97 Å². The second-order valence-corrected chi connectivity index (χ2v) is 5.57. The molecule has 2 heterocycles. The maximum absolute atomic E-state index is 12.9. The molecule has 2 N–H and O–H groups in total. The zero-order chi connectivity index (χ0) is 13.2. The number of nitrogens with two attached hydrogens (primary N) is 1. The lowest BCUT2D eigenvalue weighted by atomic mass is 10.3. The molecule has 0 aliphatic heterocycles. The summed E-state index contributed by atoms with van der Waals surface area (Å²) in [6.07, 6.45) is 3.64. The van der Waals surface area contributed by atoms with Gasteiger partial charge in [-0.05, 0) is 23.8 Å². The number of hydrogen-bond acceptors (Lipinski definition) is 5. The van der Waals surface area contributed by atoms with Gasteiger partial charge in [-0.25, -0.2) is 17.8 Å². The smallest absolute Gasteiger partial charge is 0.201 e. The van der Waals surface area contributed by atoms with E-state index in [-0.39, 0.29) is 22.0 Å². The lowest BCUT2D eigenvalue weighted by molar-refractivity contribution is 0.591. The maximum atomic E-state index is 12.9. The lowest BCUT2D eigenvalue weighted by Gasteiger charge is -2.05. The van der Waals surface area contributed by atoms with Crippen molar-refractivity contribution in [3.8, 4) is 0 Å². The summed E-state index contributed by atoms with van der Waals surface area (Å²) < 4.78 is 37.0. The number of sulfone groups is 1. The first-order valence-electron chi connectivity index (χ1n) is 5.02. The third-order valence-corrected chi connectivity index (χ3v) is 3.86. The SMILES string of the molecule is Nc1cccnc1S(=O)(=O)Cc1cncc(F)c1. The van der Waals surface area contributed by atoms with Gasteiger partial charge in [0.25, 0.3) is 0 Å². The van der Waals surface area contributed by atoms with Crippen LogP contribution in [-0.4, -0.2) is 18.4 Å². The summed E-state index contributed by atoms with van der Waals surface area (Å²) in [5.41, 5.74) is 5.88. The van der Waals surface area contributed by atoms with Crippen LogP contribution in [0.25, 0.3) is 0 Å². The van der Waals surface area contributed by atoms with Gasteiger partial charge in [0.15, 0.2) is 5.03 Å². The predicted octanol–water partition coefficient (Wildman–Crippen LogP) is 1.17. The van der Waals surface area contributed by atoms with Gasteiger partial charge in [0.2, 0.25) is 9.84 Å². The van der Waals surface area contributed by atoms with Crippen LogP contribution >= 0.6 is 0 Å². The van der Waals surface area contributed by atoms with Crippen molar-refractivity contribution < 1.29 is 12.8 Å². The van der Waals surface area contributed by atoms with E-state index in [4.69, 9.17) is 5.73 Å². The molecule has 7 heteroatoms. The van der Waals surface area contributed by atoms with Crippen molar-refractivity contribution in [1.82, 2.24) is 9.97 Å². The first-order chi connectivity index (χ1) is 8.49. The molecule has 0 atom stereocenters. The highest BCUT2D eigenvalue weighted by Gasteiger charge is 2.20. The Kier molecular flexibility index (Phi) is 3.24. The first-order valence-corrected chi connectivity index (χ1v) is 6.67. The number of pyridine rings is 2. The summed E-state index contributed by atoms with van der Waals surface area (Å²) in [4.78, 5) is 7.33. The standard InChI is InChI=1S/C11H10FN3O2S/c12-9-4-8(5-14-6-9)7-18(16,17)11-10(13)2-1-3-15-11/h1-6H,7,13H2. The second-order valence-electron chi connectivity index (χ2n) is 3.67. The zero-order valence-electron chi connectivity index (χ0n) is 9.25. The van der Waals surface area contributed by atoms with E-state index in [1.165, 1.54) is 24.5 Å². The summed E-state index contributed by atoms with van der Waals surface area (Å²) in [6, 6.07) is 4.10. The molecule has 94 valence electrons. The molecule has 0 amide bonds. The van der Waals surface area contributed by atoms with E-state index in [1.54, 1.807) is 0 Å². The van der Waals surface area contributed by atoms with Gasteiger partial charge in [0, 0.05) is 12.4 Å². The third kappa shape index (κ3) is 2.62. The van der Waals surface area contributed by atoms with Gasteiger partial charge >= 0.3 is 0 Å². The molecule has 2 aromatic heterocycles. The number of hydrogen-bond donors (Lipinski definition) is 1. The Morgan fingerprint density at radius 3 is 2.78 bits per heavy atom. The van der Waals surface area contributed by atoms with E-state index in [0.29, 0.717) is 0 Å². The molecule has 0 radical (unpaired) electrons. The summed E-state index contributed by atoms with van der Waals surface area (Å²) in [5, 5.41) is -0.200. The number of aromatic nitrogens is 2. The Balaban J connectivity index is 2.37. The minimum absolute atomic E-state index is 0.0712. The van der Waals surface area contributed by atoms with Crippen molar-refractivity contribution in [3.05, 3.63) is 48.2 Å². The Bertz CT molecular complexity index is 673. The van der Waals surface area contributed by atoms with Crippen LogP contribution in [0.2, 0.25) is 0 Å². The fraction of sp³-hybridized carbons (Fsp3) is 0.0909. The van der Waals surface area contributed by atoms with Gasteiger partial charge in [-0.1, -0.05) is 0 Å². The summed E-state index contributed by atoms with van der Waals surface area (Å²) in [5.74, 6) is -0.976. The van der Waals surface area contributed by atoms with E-state index < -0.39 is 15.7 Å². The molecule has 18 heavy (non-hydrogen) atoms. The average molecular weight is 267 g/mol. The van der Waals surface area contributed by atoms with Crippen molar-refractivity contribution in [2.75, 3.05) is 5.73 Å². The van der Waals surface area contributed by atoms with E-state index in [9.17, 15) is 12.8 Å². The van der Waals surface area contributed by atoms with Crippen LogP contribution in [0.15, 0.2) is 41.8 Å². The zero-order valence-corrected chi connectivity index (χ0v) is 10.1. The van der Waals surface area contributed by atoms with Gasteiger partial charge in [-0.3, -0.25) is 4.98 Å². The van der Waals surface area contributed by atoms with Gasteiger partial charge in [0.1, 0.15) is 5.82 Å². The van der Waals surface area contributed by atoms with Crippen molar-refractivity contribution in [2.24, 2.45) is 0 Å². The number of rotatable bonds is 3. The van der Waals surface area contributed by atoms with E-state index in [0.717, 1.165) is 12.3 Å². The second kappa shape index (κ2) is 4.69. The summed E-state index contributed by atoms with van der Waals surface area (Å²) in [6.45, 7) is 0. The Labute approximate surface area is 103 Å². The number of nitrogens with zero attached hydrogens (tertiary/aromatic N) is 2. The normalized spacial score (nSPS) is 11.4. The fourth-order valence-corrected chi connectivity index (χ4v) is 2.87. The van der Waals surface area contributed by atoms with E-state index >= 15 is 0 Å². The maximum Gasteiger partial charge on any atom is 0.201 e. The molecule has 2 aromatic rings. The molecule has 0 saturated carbocycles. The van der Waals surface area contributed by atoms with Crippen LogP contribution in [0, 0.1) is 5.82 Å². The average Bonchev–Trinajstić information content (AvgIpc) is 2.28. The Morgan fingerprint density at radius 2 is 2.11 bits per heavy atom. The lowest BCUT2D eigenvalue weighted by Crippen LogP contribution is -2.10. The number of nitrogen functional groups attached to an aromatic ring is 1. The van der Waals surface area contributed by atoms with Crippen LogP contribution in [0.4, 0.5) is 10.1 Å². The van der Waals surface area contributed by atoms with Crippen LogP contribution in [-0.2, 0) is 15.6 Å². The highest BCUT2D eigenvalue weighted by molar-refractivity contribution is 7.90. The van der Waals surface area contributed by atoms with Crippen LogP contribution < -0.4 is 5.73 Å². The molecular formula is C11H10FN3O2S. The van der Waals surface area contributed by atoms with Crippen LogP contribution in [0.1, 0.15) is 5.56 Å². The number of halogens is 1. The topological polar surface area (TPSA) is 85.9 Å². The van der Waals surface area contributed by atoms with Gasteiger partial charge < -0.3 is 5.73 Å². The summed E-state index contributed by atoms with van der Waals surface area (Å²) >= 11 is 0. The molecule has 0 spiro atoms. The minimum atomic E-state index is -3.70. The largest absolute Gasteiger partial charge is 0.396 e. The first kappa shape index (κ1) is 12.4.